The first-order valence-corrected chi connectivity index (χ1v) is 6.71. The van der Waals surface area contributed by atoms with E-state index in [0.717, 1.165) is 16.9 Å². The van der Waals surface area contributed by atoms with E-state index in [9.17, 15) is 9.59 Å². The molecule has 2 aromatic rings. The third-order valence-electron chi connectivity index (χ3n) is 2.63. The van der Waals surface area contributed by atoms with Gasteiger partial charge in [0, 0.05) is 0 Å². The highest BCUT2D eigenvalue weighted by atomic mass is 32.1. The number of rotatable bonds is 5. The van der Waals surface area contributed by atoms with Crippen LogP contribution in [0, 0.1) is 0 Å². The van der Waals surface area contributed by atoms with Crippen LogP contribution in [0.25, 0.3) is 0 Å². The zero-order chi connectivity index (χ0) is 14.5. The van der Waals surface area contributed by atoms with Crippen molar-refractivity contribution in [3.63, 3.8) is 0 Å². The second-order valence-corrected chi connectivity index (χ2v) is 4.96. The van der Waals surface area contributed by atoms with Crippen LogP contribution in [0.5, 0.6) is 5.75 Å². The lowest BCUT2D eigenvalue weighted by molar-refractivity contribution is -0.115. The van der Waals surface area contributed by atoms with E-state index in [4.69, 9.17) is 9.84 Å². The highest BCUT2D eigenvalue weighted by molar-refractivity contribution is 7.12. The number of hydrogen-bond donors (Lipinski definition) is 2. The Kier molecular flexibility index (Phi) is 4.37. The summed E-state index contributed by atoms with van der Waals surface area (Å²) in [5, 5.41) is 13.2. The van der Waals surface area contributed by atoms with Crippen molar-refractivity contribution in [1.29, 1.82) is 0 Å². The molecular weight excluding hydrogens is 278 g/mol. The zero-order valence-corrected chi connectivity index (χ0v) is 11.6. The maximum atomic E-state index is 11.9. The third kappa shape index (κ3) is 3.36. The second-order valence-electron chi connectivity index (χ2n) is 4.05. The van der Waals surface area contributed by atoms with Gasteiger partial charge in [-0.15, -0.1) is 11.3 Å². The van der Waals surface area contributed by atoms with Crippen molar-refractivity contribution in [1.82, 2.24) is 0 Å². The van der Waals surface area contributed by atoms with Gasteiger partial charge in [0.25, 0.3) is 0 Å². The van der Waals surface area contributed by atoms with E-state index in [2.05, 4.69) is 5.32 Å². The van der Waals surface area contributed by atoms with Gasteiger partial charge in [0.15, 0.2) is 0 Å². The summed E-state index contributed by atoms with van der Waals surface area (Å²) in [6.45, 7) is 0. The first-order chi connectivity index (χ1) is 9.60. The van der Waals surface area contributed by atoms with E-state index in [-0.39, 0.29) is 17.2 Å². The number of carbonyl (C=O) groups excluding carboxylic acids is 1. The molecule has 0 saturated carbocycles. The first kappa shape index (κ1) is 14.1. The fourth-order valence-corrected chi connectivity index (χ4v) is 2.42. The summed E-state index contributed by atoms with van der Waals surface area (Å²) in [6.07, 6.45) is 0.159. The van der Waals surface area contributed by atoms with Crippen molar-refractivity contribution in [2.45, 2.75) is 6.42 Å². The van der Waals surface area contributed by atoms with Gasteiger partial charge in [-0.3, -0.25) is 4.79 Å². The van der Waals surface area contributed by atoms with E-state index in [1.807, 2.05) is 6.07 Å². The monoisotopic (exact) mass is 291 g/mol. The largest absolute Gasteiger partial charge is 0.497 e. The molecule has 0 radical (unpaired) electrons. The molecule has 1 aromatic heterocycles. The topological polar surface area (TPSA) is 75.6 Å². The molecule has 0 aliphatic carbocycles. The molecular formula is C14H13NO4S. The molecule has 0 saturated heterocycles. The van der Waals surface area contributed by atoms with Gasteiger partial charge in [-0.25, -0.2) is 4.79 Å². The van der Waals surface area contributed by atoms with Crippen molar-refractivity contribution in [2.24, 2.45) is 0 Å². The minimum atomic E-state index is -1.04. The minimum absolute atomic E-state index is 0.129. The number of amides is 1. The lowest BCUT2D eigenvalue weighted by Gasteiger charge is -2.06. The smallest absolute Gasteiger partial charge is 0.348 e. The third-order valence-corrected chi connectivity index (χ3v) is 3.53. The quantitative estimate of drug-likeness (QED) is 0.888. The number of aromatic carboxylic acids is 1. The van der Waals surface area contributed by atoms with Gasteiger partial charge in [0.2, 0.25) is 5.91 Å². The van der Waals surface area contributed by atoms with Gasteiger partial charge in [0.05, 0.1) is 19.2 Å². The molecule has 0 bridgehead atoms. The summed E-state index contributed by atoms with van der Waals surface area (Å²) < 4.78 is 5.09. The van der Waals surface area contributed by atoms with Crippen molar-refractivity contribution < 1.29 is 19.4 Å². The van der Waals surface area contributed by atoms with Gasteiger partial charge in [-0.2, -0.15) is 0 Å². The van der Waals surface area contributed by atoms with E-state index in [1.54, 1.807) is 36.8 Å². The number of carbonyl (C=O) groups is 2. The molecule has 1 amide bonds. The van der Waals surface area contributed by atoms with Crippen molar-refractivity contribution in [3.05, 3.63) is 46.2 Å². The van der Waals surface area contributed by atoms with E-state index in [0.29, 0.717) is 11.4 Å². The fraction of sp³-hybridized carbons (Fsp3) is 0.143. The molecule has 0 atom stereocenters. The summed E-state index contributed by atoms with van der Waals surface area (Å²) in [5.74, 6) is -0.632. The average Bonchev–Trinajstić information content (AvgIpc) is 2.87. The SMILES string of the molecule is COc1cccc(CC(=O)Nc2ccsc2C(=O)O)c1. The Labute approximate surface area is 119 Å². The summed E-state index contributed by atoms with van der Waals surface area (Å²) >= 11 is 1.08. The molecule has 5 nitrogen and oxygen atoms in total. The van der Waals surface area contributed by atoms with Crippen molar-refractivity contribution in [3.8, 4) is 5.75 Å². The number of carboxylic acid groups (broad SMARTS) is 1. The number of nitrogens with one attached hydrogen (secondary N) is 1. The lowest BCUT2D eigenvalue weighted by atomic mass is 10.1. The Morgan fingerprint density at radius 3 is 2.85 bits per heavy atom. The maximum Gasteiger partial charge on any atom is 0.348 e. The molecule has 0 aliphatic rings. The van der Waals surface area contributed by atoms with Gasteiger partial charge in [-0.05, 0) is 29.1 Å². The Morgan fingerprint density at radius 1 is 1.35 bits per heavy atom. The maximum absolute atomic E-state index is 11.9. The van der Waals surface area contributed by atoms with Gasteiger partial charge in [-0.1, -0.05) is 12.1 Å². The lowest BCUT2D eigenvalue weighted by Crippen LogP contribution is -2.15. The number of benzene rings is 1. The van der Waals surface area contributed by atoms with E-state index < -0.39 is 5.97 Å². The van der Waals surface area contributed by atoms with Crippen LogP contribution in [0.3, 0.4) is 0 Å². The van der Waals surface area contributed by atoms with Crippen molar-refractivity contribution in [2.75, 3.05) is 12.4 Å². The van der Waals surface area contributed by atoms with Crippen LogP contribution in [0.2, 0.25) is 0 Å². The second kappa shape index (κ2) is 6.21. The molecule has 20 heavy (non-hydrogen) atoms. The molecule has 1 heterocycles. The Bertz CT molecular complexity index is 636. The van der Waals surface area contributed by atoms with Crippen LogP contribution in [0.4, 0.5) is 5.69 Å². The van der Waals surface area contributed by atoms with Crippen LogP contribution >= 0.6 is 11.3 Å². The minimum Gasteiger partial charge on any atom is -0.497 e. The Balaban J connectivity index is 2.05. The molecule has 0 unspecified atom stereocenters. The predicted octanol–water partition coefficient (Wildman–Crippen LogP) is 2.64. The number of hydrogen-bond acceptors (Lipinski definition) is 4. The number of carboxylic acids is 1. The molecule has 0 fully saturated rings. The summed E-state index contributed by atoms with van der Waals surface area (Å²) in [5.41, 5.74) is 1.13. The standard InChI is InChI=1S/C14H13NO4S/c1-19-10-4-2-3-9(7-10)8-12(16)15-11-5-6-20-13(11)14(17)18/h2-7H,8H2,1H3,(H,15,16)(H,17,18). The van der Waals surface area contributed by atoms with Gasteiger partial charge in [0.1, 0.15) is 10.6 Å². The average molecular weight is 291 g/mol. The fourth-order valence-electron chi connectivity index (χ4n) is 1.74. The van der Waals surface area contributed by atoms with Crippen LogP contribution in [0.1, 0.15) is 15.2 Å². The molecule has 6 heteroatoms. The van der Waals surface area contributed by atoms with Gasteiger partial charge < -0.3 is 15.2 Å². The predicted molar refractivity (Wildman–Crippen MR) is 76.6 cm³/mol. The molecule has 2 rings (SSSR count). The van der Waals surface area contributed by atoms with Crippen LogP contribution in [0.15, 0.2) is 35.7 Å². The normalized spacial score (nSPS) is 10.1. The Morgan fingerprint density at radius 2 is 2.15 bits per heavy atom. The number of thiophene rings is 1. The van der Waals surface area contributed by atoms with E-state index in [1.165, 1.54) is 0 Å². The first-order valence-electron chi connectivity index (χ1n) is 5.83. The van der Waals surface area contributed by atoms with Gasteiger partial charge >= 0.3 is 5.97 Å². The van der Waals surface area contributed by atoms with Crippen LogP contribution in [-0.4, -0.2) is 24.1 Å². The van der Waals surface area contributed by atoms with E-state index >= 15 is 0 Å². The summed E-state index contributed by atoms with van der Waals surface area (Å²) in [6, 6.07) is 8.76. The summed E-state index contributed by atoms with van der Waals surface area (Å²) in [7, 11) is 1.56. The van der Waals surface area contributed by atoms with Crippen LogP contribution in [-0.2, 0) is 11.2 Å². The van der Waals surface area contributed by atoms with Crippen LogP contribution < -0.4 is 10.1 Å². The van der Waals surface area contributed by atoms with Crippen molar-refractivity contribution >= 4 is 28.9 Å². The highest BCUT2D eigenvalue weighted by Crippen LogP contribution is 2.22. The number of ether oxygens (including phenoxy) is 1. The number of methoxy groups -OCH3 is 1. The molecule has 0 spiro atoms. The molecule has 1 aromatic carbocycles. The molecule has 104 valence electrons. The summed E-state index contributed by atoms with van der Waals surface area (Å²) in [4.78, 5) is 23.0. The Hall–Kier alpha value is -2.34. The zero-order valence-electron chi connectivity index (χ0n) is 10.8. The molecule has 0 aliphatic heterocycles. The highest BCUT2D eigenvalue weighted by Gasteiger charge is 2.14. The number of anilines is 1. The molecule has 2 N–H and O–H groups in total.